The summed E-state index contributed by atoms with van der Waals surface area (Å²) in [5.74, 6) is 1.27. The molecule has 1 aromatic carbocycles. The Bertz CT molecular complexity index is 415. The fraction of sp³-hybridized carbons (Fsp3) is 0.417. The third-order valence-electron chi connectivity index (χ3n) is 2.58. The monoisotopic (exact) mass is 221 g/mol. The van der Waals surface area contributed by atoms with Crippen LogP contribution < -0.4 is 15.2 Å². The van der Waals surface area contributed by atoms with Gasteiger partial charge in [0, 0.05) is 12.0 Å². The zero-order valence-corrected chi connectivity index (χ0v) is 9.29. The predicted octanol–water partition coefficient (Wildman–Crippen LogP) is 1.30. The van der Waals surface area contributed by atoms with Crippen molar-refractivity contribution >= 4 is 5.78 Å². The van der Waals surface area contributed by atoms with Crippen molar-refractivity contribution in [3.8, 4) is 11.5 Å². The zero-order chi connectivity index (χ0) is 11.5. The quantitative estimate of drug-likeness (QED) is 0.764. The molecule has 1 aromatic rings. The van der Waals surface area contributed by atoms with Crippen molar-refractivity contribution in [1.29, 1.82) is 0 Å². The molecule has 0 aliphatic carbocycles. The molecule has 2 N–H and O–H groups in total. The van der Waals surface area contributed by atoms with Gasteiger partial charge in [0.05, 0.1) is 19.8 Å². The van der Waals surface area contributed by atoms with Crippen molar-refractivity contribution in [2.75, 3.05) is 19.8 Å². The van der Waals surface area contributed by atoms with Crippen LogP contribution in [0.4, 0.5) is 0 Å². The third-order valence-corrected chi connectivity index (χ3v) is 2.58. The molecule has 0 spiro atoms. The van der Waals surface area contributed by atoms with Crippen LogP contribution >= 0.6 is 0 Å². The first kappa shape index (κ1) is 11.0. The second kappa shape index (κ2) is 4.53. The number of carbonyl (C=O) groups is 1. The highest BCUT2D eigenvalue weighted by atomic mass is 16.5. The Morgan fingerprint density at radius 2 is 1.94 bits per heavy atom. The number of hydrogen-bond donors (Lipinski definition) is 1. The van der Waals surface area contributed by atoms with Gasteiger partial charge in [0.15, 0.2) is 17.3 Å². The van der Waals surface area contributed by atoms with Crippen molar-refractivity contribution in [3.05, 3.63) is 23.3 Å². The minimum absolute atomic E-state index is 0.0144. The molecule has 4 heteroatoms. The second-order valence-corrected chi connectivity index (χ2v) is 3.79. The average molecular weight is 221 g/mol. The lowest BCUT2D eigenvalue weighted by Gasteiger charge is -2.11. The number of benzene rings is 1. The molecular weight excluding hydrogens is 206 g/mol. The van der Waals surface area contributed by atoms with E-state index in [0.717, 1.165) is 12.0 Å². The van der Waals surface area contributed by atoms with E-state index in [4.69, 9.17) is 15.2 Å². The molecule has 4 nitrogen and oxygen atoms in total. The van der Waals surface area contributed by atoms with E-state index in [-0.39, 0.29) is 12.3 Å². The number of rotatable bonds is 2. The SMILES string of the molecule is Cc1cc2c(cc1C(=O)CN)OCCCO2. The maximum atomic E-state index is 11.6. The first-order valence-electron chi connectivity index (χ1n) is 5.36. The third kappa shape index (κ3) is 2.02. The first-order valence-corrected chi connectivity index (χ1v) is 5.36. The summed E-state index contributed by atoms with van der Waals surface area (Å²) in [6.45, 7) is 3.15. The lowest BCUT2D eigenvalue weighted by atomic mass is 10.0. The summed E-state index contributed by atoms with van der Waals surface area (Å²) in [5.41, 5.74) is 6.85. The molecule has 1 aliphatic rings. The van der Waals surface area contributed by atoms with Crippen LogP contribution in [0.3, 0.4) is 0 Å². The van der Waals surface area contributed by atoms with Crippen LogP contribution in [-0.2, 0) is 0 Å². The number of ketones is 1. The van der Waals surface area contributed by atoms with Crippen molar-refractivity contribution in [2.24, 2.45) is 5.73 Å². The Labute approximate surface area is 94.3 Å². The van der Waals surface area contributed by atoms with Gasteiger partial charge in [-0.2, -0.15) is 0 Å². The van der Waals surface area contributed by atoms with Gasteiger partial charge in [-0.05, 0) is 24.6 Å². The molecule has 1 heterocycles. The Balaban J connectivity index is 2.42. The van der Waals surface area contributed by atoms with Crippen LogP contribution in [0, 0.1) is 6.92 Å². The maximum absolute atomic E-state index is 11.6. The Morgan fingerprint density at radius 1 is 1.31 bits per heavy atom. The summed E-state index contributed by atoms with van der Waals surface area (Å²) in [6.07, 6.45) is 0.855. The predicted molar refractivity (Wildman–Crippen MR) is 60.2 cm³/mol. The maximum Gasteiger partial charge on any atom is 0.176 e. The number of aryl methyl sites for hydroxylation is 1. The topological polar surface area (TPSA) is 61.6 Å². The highest BCUT2D eigenvalue weighted by Crippen LogP contribution is 2.32. The lowest BCUT2D eigenvalue weighted by molar-refractivity contribution is 0.100. The van der Waals surface area contributed by atoms with Gasteiger partial charge in [-0.1, -0.05) is 0 Å². The molecule has 0 saturated heterocycles. The molecule has 0 amide bonds. The normalized spacial score (nSPS) is 14.4. The number of Topliss-reactive ketones (excluding diaryl/α,β-unsaturated/α-hetero) is 1. The molecule has 0 bridgehead atoms. The van der Waals surface area contributed by atoms with E-state index in [2.05, 4.69) is 0 Å². The van der Waals surface area contributed by atoms with Gasteiger partial charge in [0.1, 0.15) is 0 Å². The Morgan fingerprint density at radius 3 is 2.56 bits per heavy atom. The van der Waals surface area contributed by atoms with Gasteiger partial charge in [-0.15, -0.1) is 0 Å². The van der Waals surface area contributed by atoms with Gasteiger partial charge in [0.25, 0.3) is 0 Å². The molecule has 16 heavy (non-hydrogen) atoms. The van der Waals surface area contributed by atoms with Crippen LogP contribution in [0.1, 0.15) is 22.3 Å². The van der Waals surface area contributed by atoms with E-state index in [0.29, 0.717) is 30.3 Å². The van der Waals surface area contributed by atoms with E-state index in [1.165, 1.54) is 0 Å². The van der Waals surface area contributed by atoms with Crippen LogP contribution in [-0.4, -0.2) is 25.5 Å². The average Bonchev–Trinajstić information content (AvgIpc) is 2.51. The van der Waals surface area contributed by atoms with Gasteiger partial charge in [0.2, 0.25) is 0 Å². The van der Waals surface area contributed by atoms with Crippen LogP contribution in [0.25, 0.3) is 0 Å². The van der Waals surface area contributed by atoms with Gasteiger partial charge in [-0.3, -0.25) is 4.79 Å². The van der Waals surface area contributed by atoms with E-state index >= 15 is 0 Å². The van der Waals surface area contributed by atoms with E-state index < -0.39 is 0 Å². The summed E-state index contributed by atoms with van der Waals surface area (Å²) < 4.78 is 11.1. The van der Waals surface area contributed by atoms with Crippen molar-refractivity contribution in [2.45, 2.75) is 13.3 Å². The van der Waals surface area contributed by atoms with Crippen molar-refractivity contribution < 1.29 is 14.3 Å². The summed E-state index contributed by atoms with van der Waals surface area (Å²) in [6, 6.07) is 3.56. The lowest BCUT2D eigenvalue weighted by Crippen LogP contribution is -2.15. The largest absolute Gasteiger partial charge is 0.490 e. The second-order valence-electron chi connectivity index (χ2n) is 3.79. The number of carbonyl (C=O) groups excluding carboxylic acids is 1. The van der Waals surface area contributed by atoms with Gasteiger partial charge < -0.3 is 15.2 Å². The highest BCUT2D eigenvalue weighted by Gasteiger charge is 2.16. The van der Waals surface area contributed by atoms with Crippen molar-refractivity contribution in [1.82, 2.24) is 0 Å². The minimum atomic E-state index is -0.0758. The van der Waals surface area contributed by atoms with E-state index in [1.807, 2.05) is 13.0 Å². The number of ether oxygens (including phenoxy) is 2. The van der Waals surface area contributed by atoms with Crippen LogP contribution in [0.5, 0.6) is 11.5 Å². The molecule has 0 atom stereocenters. The molecule has 1 aliphatic heterocycles. The number of nitrogens with two attached hydrogens (primary N) is 1. The molecule has 0 radical (unpaired) electrons. The highest BCUT2D eigenvalue weighted by molar-refractivity contribution is 5.99. The van der Waals surface area contributed by atoms with Gasteiger partial charge >= 0.3 is 0 Å². The van der Waals surface area contributed by atoms with Crippen LogP contribution in [0.2, 0.25) is 0 Å². The molecular formula is C12H15NO3. The zero-order valence-electron chi connectivity index (χ0n) is 9.29. The summed E-state index contributed by atoms with van der Waals surface area (Å²) in [7, 11) is 0. The summed E-state index contributed by atoms with van der Waals surface area (Å²) >= 11 is 0. The number of hydrogen-bond acceptors (Lipinski definition) is 4. The fourth-order valence-corrected chi connectivity index (χ4v) is 1.72. The molecule has 0 unspecified atom stereocenters. The smallest absolute Gasteiger partial charge is 0.176 e. The first-order chi connectivity index (χ1) is 7.72. The standard InChI is InChI=1S/C12H15NO3/c1-8-5-11-12(16-4-2-3-15-11)6-9(8)10(14)7-13/h5-6H,2-4,7,13H2,1H3. The Kier molecular flexibility index (Phi) is 3.10. The number of fused-ring (bicyclic) bond motifs is 1. The van der Waals surface area contributed by atoms with E-state index in [9.17, 15) is 4.79 Å². The van der Waals surface area contributed by atoms with Crippen LogP contribution in [0.15, 0.2) is 12.1 Å². The summed E-state index contributed by atoms with van der Waals surface area (Å²) in [5, 5.41) is 0. The molecule has 2 rings (SSSR count). The minimum Gasteiger partial charge on any atom is -0.490 e. The van der Waals surface area contributed by atoms with Gasteiger partial charge in [-0.25, -0.2) is 0 Å². The molecule has 0 aromatic heterocycles. The molecule has 0 saturated carbocycles. The van der Waals surface area contributed by atoms with Crippen molar-refractivity contribution in [3.63, 3.8) is 0 Å². The fourth-order valence-electron chi connectivity index (χ4n) is 1.72. The molecule has 0 fully saturated rings. The Hall–Kier alpha value is -1.55. The van der Waals surface area contributed by atoms with E-state index in [1.54, 1.807) is 6.07 Å². The summed E-state index contributed by atoms with van der Waals surface area (Å²) in [4.78, 5) is 11.6. The molecule has 86 valence electrons.